The maximum atomic E-state index is 6.09. The van der Waals surface area contributed by atoms with E-state index in [0.717, 1.165) is 25.6 Å². The highest BCUT2D eigenvalue weighted by Crippen LogP contribution is 2.31. The minimum atomic E-state index is 0.206. The zero-order valence-electron chi connectivity index (χ0n) is 11.6. The smallest absolute Gasteiger partial charge is 0.0949 e. The van der Waals surface area contributed by atoms with Crippen molar-refractivity contribution in [1.29, 1.82) is 0 Å². The summed E-state index contributed by atoms with van der Waals surface area (Å²) >= 11 is 0. The molecule has 100 valence electrons. The van der Waals surface area contributed by atoms with Crippen molar-refractivity contribution in [3.05, 3.63) is 35.4 Å². The predicted molar refractivity (Wildman–Crippen MR) is 75.8 cm³/mol. The third-order valence-corrected chi connectivity index (χ3v) is 3.40. The Kier molecular flexibility index (Phi) is 5.21. The van der Waals surface area contributed by atoms with Crippen molar-refractivity contribution in [3.8, 4) is 0 Å². The third-order valence-electron chi connectivity index (χ3n) is 3.40. The average Bonchev–Trinajstić information content (AvgIpc) is 3.17. The Morgan fingerprint density at radius 2 is 2.22 bits per heavy atom. The molecule has 0 spiro atoms. The highest BCUT2D eigenvalue weighted by molar-refractivity contribution is 5.24. The lowest BCUT2D eigenvalue weighted by atomic mass is 10.1. The summed E-state index contributed by atoms with van der Waals surface area (Å²) in [6.45, 7) is 7.24. The fraction of sp³-hybridized carbons (Fsp3) is 0.625. The molecule has 18 heavy (non-hydrogen) atoms. The Bertz CT molecular complexity index is 360. The molecule has 0 radical (unpaired) electrons. The monoisotopic (exact) mass is 247 g/mol. The van der Waals surface area contributed by atoms with Gasteiger partial charge in [0.2, 0.25) is 0 Å². The third kappa shape index (κ3) is 4.43. The molecule has 0 aliphatic heterocycles. The molecule has 1 fully saturated rings. The van der Waals surface area contributed by atoms with Crippen LogP contribution in [0.5, 0.6) is 0 Å². The average molecular weight is 247 g/mol. The molecule has 1 saturated carbocycles. The van der Waals surface area contributed by atoms with E-state index in [2.05, 4.69) is 43.4 Å². The van der Waals surface area contributed by atoms with Gasteiger partial charge in [-0.25, -0.2) is 0 Å². The summed E-state index contributed by atoms with van der Waals surface area (Å²) in [6.07, 6.45) is 4.08. The van der Waals surface area contributed by atoms with E-state index in [4.69, 9.17) is 4.74 Å². The molecule has 1 N–H and O–H groups in total. The van der Waals surface area contributed by atoms with E-state index < -0.39 is 0 Å². The zero-order valence-corrected chi connectivity index (χ0v) is 11.6. The van der Waals surface area contributed by atoms with Gasteiger partial charge in [0.15, 0.2) is 0 Å². The first kappa shape index (κ1) is 13.6. The lowest BCUT2D eigenvalue weighted by Gasteiger charge is -2.19. The van der Waals surface area contributed by atoms with Crippen LogP contribution in [0.15, 0.2) is 24.3 Å². The molecule has 0 amide bonds. The van der Waals surface area contributed by atoms with Gasteiger partial charge in [-0.2, -0.15) is 0 Å². The molecule has 1 unspecified atom stereocenters. The summed E-state index contributed by atoms with van der Waals surface area (Å²) in [6, 6.07) is 8.68. The Morgan fingerprint density at radius 1 is 1.39 bits per heavy atom. The second-order valence-corrected chi connectivity index (χ2v) is 5.38. The summed E-state index contributed by atoms with van der Waals surface area (Å²) in [4.78, 5) is 0. The maximum Gasteiger partial charge on any atom is 0.0949 e. The van der Waals surface area contributed by atoms with Crippen molar-refractivity contribution >= 4 is 0 Å². The number of hydrogen-bond acceptors (Lipinski definition) is 2. The molecule has 2 nitrogen and oxygen atoms in total. The molecule has 1 atom stereocenters. The molecule has 2 rings (SSSR count). The van der Waals surface area contributed by atoms with Gasteiger partial charge in [0.25, 0.3) is 0 Å². The van der Waals surface area contributed by atoms with Crippen molar-refractivity contribution < 1.29 is 4.74 Å². The van der Waals surface area contributed by atoms with Crippen molar-refractivity contribution in [2.75, 3.05) is 19.7 Å². The topological polar surface area (TPSA) is 21.3 Å². The molecule has 0 heterocycles. The van der Waals surface area contributed by atoms with Crippen LogP contribution in [0.25, 0.3) is 0 Å². The van der Waals surface area contributed by atoms with Gasteiger partial charge < -0.3 is 10.1 Å². The van der Waals surface area contributed by atoms with Crippen molar-refractivity contribution in [2.45, 2.75) is 39.2 Å². The van der Waals surface area contributed by atoms with Crippen LogP contribution in [0, 0.1) is 12.8 Å². The van der Waals surface area contributed by atoms with Crippen molar-refractivity contribution in [3.63, 3.8) is 0 Å². The normalized spacial score (nSPS) is 16.8. The van der Waals surface area contributed by atoms with Crippen molar-refractivity contribution in [1.82, 2.24) is 5.32 Å². The first-order chi connectivity index (χ1) is 8.79. The van der Waals surface area contributed by atoms with Gasteiger partial charge in [-0.05, 0) is 44.2 Å². The summed E-state index contributed by atoms with van der Waals surface area (Å²) < 4.78 is 6.09. The van der Waals surface area contributed by atoms with Gasteiger partial charge in [0.1, 0.15) is 0 Å². The number of benzene rings is 1. The van der Waals surface area contributed by atoms with Crippen LogP contribution in [0.4, 0.5) is 0 Å². The number of aryl methyl sites for hydroxylation is 1. The number of rotatable bonds is 8. The second kappa shape index (κ2) is 6.91. The first-order valence-corrected chi connectivity index (χ1v) is 7.18. The van der Waals surface area contributed by atoms with Gasteiger partial charge >= 0.3 is 0 Å². The quantitative estimate of drug-likeness (QED) is 0.710. The van der Waals surface area contributed by atoms with Crippen LogP contribution in [0.1, 0.15) is 43.4 Å². The van der Waals surface area contributed by atoms with E-state index in [1.165, 1.54) is 30.4 Å². The van der Waals surface area contributed by atoms with Crippen LogP contribution >= 0.6 is 0 Å². The Labute approximate surface area is 111 Å². The number of ether oxygens (including phenoxy) is 1. The lowest BCUT2D eigenvalue weighted by Crippen LogP contribution is -2.24. The molecule has 0 bridgehead atoms. The largest absolute Gasteiger partial charge is 0.372 e. The summed E-state index contributed by atoms with van der Waals surface area (Å²) in [5.74, 6) is 0.823. The van der Waals surface area contributed by atoms with Gasteiger partial charge in [-0.15, -0.1) is 0 Å². The molecule has 1 aromatic carbocycles. The Hall–Kier alpha value is -0.860. The van der Waals surface area contributed by atoms with Crippen LogP contribution in [0.3, 0.4) is 0 Å². The highest BCUT2D eigenvalue weighted by Gasteiger charge is 2.23. The van der Waals surface area contributed by atoms with E-state index in [0.29, 0.717) is 0 Å². The summed E-state index contributed by atoms with van der Waals surface area (Å²) in [5, 5.41) is 3.47. The second-order valence-electron chi connectivity index (χ2n) is 5.38. The van der Waals surface area contributed by atoms with E-state index in [1.54, 1.807) is 0 Å². The Morgan fingerprint density at radius 3 is 2.89 bits per heavy atom. The molecular formula is C16H25NO. The predicted octanol–water partition coefficient (Wildman–Crippen LogP) is 3.46. The minimum absolute atomic E-state index is 0.206. The maximum absolute atomic E-state index is 6.09. The standard InChI is InChI=1S/C16H25NO/c1-3-9-17-11-16(18-12-14-7-8-14)15-6-4-5-13(2)10-15/h4-6,10,14,16-17H,3,7-9,11-12H2,1-2H3. The van der Waals surface area contributed by atoms with E-state index in [-0.39, 0.29) is 6.10 Å². The summed E-state index contributed by atoms with van der Waals surface area (Å²) in [5.41, 5.74) is 2.61. The first-order valence-electron chi connectivity index (χ1n) is 7.18. The Balaban J connectivity index is 1.92. The van der Waals surface area contributed by atoms with E-state index >= 15 is 0 Å². The van der Waals surface area contributed by atoms with Gasteiger partial charge in [-0.1, -0.05) is 36.8 Å². The molecule has 1 aliphatic carbocycles. The van der Waals surface area contributed by atoms with Gasteiger partial charge in [-0.3, -0.25) is 0 Å². The fourth-order valence-electron chi connectivity index (χ4n) is 2.09. The summed E-state index contributed by atoms with van der Waals surface area (Å²) in [7, 11) is 0. The van der Waals surface area contributed by atoms with Gasteiger partial charge in [0.05, 0.1) is 12.7 Å². The van der Waals surface area contributed by atoms with E-state index in [1.807, 2.05) is 0 Å². The molecule has 0 saturated heterocycles. The minimum Gasteiger partial charge on any atom is -0.372 e. The van der Waals surface area contributed by atoms with Gasteiger partial charge in [0, 0.05) is 6.54 Å². The molecule has 1 aromatic rings. The highest BCUT2D eigenvalue weighted by atomic mass is 16.5. The number of nitrogens with one attached hydrogen (secondary N) is 1. The zero-order chi connectivity index (χ0) is 12.8. The SMILES string of the molecule is CCCNCC(OCC1CC1)c1cccc(C)c1. The van der Waals surface area contributed by atoms with Crippen LogP contribution in [-0.2, 0) is 4.74 Å². The van der Waals surface area contributed by atoms with Crippen LogP contribution in [-0.4, -0.2) is 19.7 Å². The fourth-order valence-corrected chi connectivity index (χ4v) is 2.09. The molecule has 2 heteroatoms. The van der Waals surface area contributed by atoms with Crippen molar-refractivity contribution in [2.24, 2.45) is 5.92 Å². The van der Waals surface area contributed by atoms with Crippen LogP contribution in [0.2, 0.25) is 0 Å². The number of hydrogen-bond donors (Lipinski definition) is 1. The molecule has 1 aliphatic rings. The van der Waals surface area contributed by atoms with E-state index in [9.17, 15) is 0 Å². The molecule has 0 aromatic heterocycles. The molecular weight excluding hydrogens is 222 g/mol. The van der Waals surface area contributed by atoms with Crippen LogP contribution < -0.4 is 5.32 Å². The lowest BCUT2D eigenvalue weighted by molar-refractivity contribution is 0.0453.